The van der Waals surface area contributed by atoms with Gasteiger partial charge >= 0.3 is 0 Å². The topological polar surface area (TPSA) is 32.3 Å². The summed E-state index contributed by atoms with van der Waals surface area (Å²) in [6, 6.07) is 0.595. The Morgan fingerprint density at radius 2 is 2.13 bits per heavy atom. The minimum atomic E-state index is -0.160. The Bertz CT molecular complexity index is 179. The molecule has 1 saturated carbocycles. The molecule has 0 bridgehead atoms. The summed E-state index contributed by atoms with van der Waals surface area (Å²) >= 11 is 0. The largest absolute Gasteiger partial charge is 0.392 e. The predicted molar refractivity (Wildman–Crippen MR) is 65.0 cm³/mol. The highest BCUT2D eigenvalue weighted by molar-refractivity contribution is 4.88. The molecular weight excluding hydrogens is 186 g/mol. The molecule has 1 aliphatic rings. The lowest BCUT2D eigenvalue weighted by atomic mass is 9.73. The van der Waals surface area contributed by atoms with Crippen molar-refractivity contribution in [1.29, 1.82) is 0 Å². The summed E-state index contributed by atoms with van der Waals surface area (Å²) in [6.45, 7) is 7.57. The third kappa shape index (κ3) is 4.12. The average molecular weight is 213 g/mol. The van der Waals surface area contributed by atoms with Gasteiger partial charge in [-0.3, -0.25) is 0 Å². The minimum absolute atomic E-state index is 0.160. The molecule has 0 aromatic heterocycles. The van der Waals surface area contributed by atoms with Crippen LogP contribution < -0.4 is 5.32 Å². The van der Waals surface area contributed by atoms with Crippen molar-refractivity contribution in [3.05, 3.63) is 0 Å². The van der Waals surface area contributed by atoms with Crippen molar-refractivity contribution in [2.75, 3.05) is 6.54 Å². The molecule has 0 heterocycles. The fourth-order valence-corrected chi connectivity index (χ4v) is 2.59. The van der Waals surface area contributed by atoms with E-state index in [1.807, 2.05) is 0 Å². The first kappa shape index (κ1) is 13.0. The molecular formula is C13H27NO. The molecule has 1 fully saturated rings. The molecule has 0 spiro atoms. The van der Waals surface area contributed by atoms with E-state index in [0.717, 1.165) is 19.4 Å². The number of hydrogen-bond acceptors (Lipinski definition) is 2. The standard InChI is InChI=1S/C13H27NO/c1-4-7-11(15)10-14-12-8-5-6-9-13(12,2)3/h11-12,14-15H,4-10H2,1-3H3. The number of nitrogens with one attached hydrogen (secondary N) is 1. The average Bonchev–Trinajstić information content (AvgIpc) is 2.16. The summed E-state index contributed by atoms with van der Waals surface area (Å²) in [5.41, 5.74) is 0.407. The quantitative estimate of drug-likeness (QED) is 0.736. The van der Waals surface area contributed by atoms with Gasteiger partial charge in [-0.25, -0.2) is 0 Å². The lowest BCUT2D eigenvalue weighted by Crippen LogP contribution is -2.46. The number of aliphatic hydroxyl groups excluding tert-OH is 1. The first-order chi connectivity index (χ1) is 7.06. The van der Waals surface area contributed by atoms with Gasteiger partial charge in [0.15, 0.2) is 0 Å². The fourth-order valence-electron chi connectivity index (χ4n) is 2.59. The molecule has 90 valence electrons. The van der Waals surface area contributed by atoms with Crippen molar-refractivity contribution in [2.24, 2.45) is 5.41 Å². The number of hydrogen-bond donors (Lipinski definition) is 2. The Morgan fingerprint density at radius 3 is 2.73 bits per heavy atom. The van der Waals surface area contributed by atoms with Crippen LogP contribution in [0.15, 0.2) is 0 Å². The Hall–Kier alpha value is -0.0800. The van der Waals surface area contributed by atoms with Crippen LogP contribution in [0.2, 0.25) is 0 Å². The number of rotatable bonds is 5. The van der Waals surface area contributed by atoms with E-state index >= 15 is 0 Å². The van der Waals surface area contributed by atoms with Crippen LogP contribution in [0, 0.1) is 5.41 Å². The predicted octanol–water partition coefficient (Wildman–Crippen LogP) is 2.71. The second kappa shape index (κ2) is 5.86. The van der Waals surface area contributed by atoms with Gasteiger partial charge in [0.05, 0.1) is 6.10 Å². The van der Waals surface area contributed by atoms with Crippen molar-refractivity contribution >= 4 is 0 Å². The van der Waals surface area contributed by atoms with Gasteiger partial charge in [-0.15, -0.1) is 0 Å². The molecule has 0 amide bonds. The van der Waals surface area contributed by atoms with E-state index in [4.69, 9.17) is 0 Å². The van der Waals surface area contributed by atoms with Crippen molar-refractivity contribution in [2.45, 2.75) is 71.4 Å². The van der Waals surface area contributed by atoms with E-state index in [1.165, 1.54) is 25.7 Å². The summed E-state index contributed by atoms with van der Waals surface area (Å²) < 4.78 is 0. The van der Waals surface area contributed by atoms with E-state index in [0.29, 0.717) is 11.5 Å². The molecule has 2 unspecified atom stereocenters. The van der Waals surface area contributed by atoms with E-state index in [-0.39, 0.29) is 6.10 Å². The van der Waals surface area contributed by atoms with E-state index in [1.54, 1.807) is 0 Å². The summed E-state index contributed by atoms with van der Waals surface area (Å²) in [5, 5.41) is 13.2. The Kier molecular flexibility index (Phi) is 5.07. The molecule has 0 saturated heterocycles. The molecule has 0 aliphatic heterocycles. The van der Waals surface area contributed by atoms with Crippen LogP contribution in [0.5, 0.6) is 0 Å². The molecule has 0 aromatic carbocycles. The van der Waals surface area contributed by atoms with Crippen molar-refractivity contribution in [3.8, 4) is 0 Å². The maximum atomic E-state index is 9.69. The van der Waals surface area contributed by atoms with E-state index < -0.39 is 0 Å². The molecule has 2 atom stereocenters. The summed E-state index contributed by atoms with van der Waals surface area (Å²) in [5.74, 6) is 0. The third-order valence-corrected chi connectivity index (χ3v) is 3.73. The van der Waals surface area contributed by atoms with Crippen LogP contribution in [-0.4, -0.2) is 23.8 Å². The molecule has 2 nitrogen and oxygen atoms in total. The SMILES string of the molecule is CCCC(O)CNC1CCCCC1(C)C. The Balaban J connectivity index is 2.30. The highest BCUT2D eigenvalue weighted by Crippen LogP contribution is 2.35. The minimum Gasteiger partial charge on any atom is -0.392 e. The van der Waals surface area contributed by atoms with Gasteiger partial charge in [-0.1, -0.05) is 40.0 Å². The second-order valence-corrected chi connectivity index (χ2v) is 5.64. The van der Waals surface area contributed by atoms with Crippen LogP contribution in [-0.2, 0) is 0 Å². The van der Waals surface area contributed by atoms with E-state index in [9.17, 15) is 5.11 Å². The van der Waals surface area contributed by atoms with Crippen LogP contribution in [0.25, 0.3) is 0 Å². The normalized spacial score (nSPS) is 27.6. The zero-order valence-corrected chi connectivity index (χ0v) is 10.6. The lowest BCUT2D eigenvalue weighted by Gasteiger charge is -2.39. The van der Waals surface area contributed by atoms with Crippen LogP contribution in [0.1, 0.15) is 59.3 Å². The van der Waals surface area contributed by atoms with Gasteiger partial charge in [0, 0.05) is 12.6 Å². The maximum Gasteiger partial charge on any atom is 0.0664 e. The summed E-state index contributed by atoms with van der Waals surface area (Å²) in [4.78, 5) is 0. The fraction of sp³-hybridized carbons (Fsp3) is 1.00. The third-order valence-electron chi connectivity index (χ3n) is 3.73. The summed E-state index contributed by atoms with van der Waals surface area (Å²) in [6.07, 6.45) is 7.11. The zero-order valence-electron chi connectivity index (χ0n) is 10.6. The van der Waals surface area contributed by atoms with Crippen LogP contribution in [0.3, 0.4) is 0 Å². The van der Waals surface area contributed by atoms with Gasteiger partial charge in [0.1, 0.15) is 0 Å². The first-order valence-corrected chi connectivity index (χ1v) is 6.47. The Morgan fingerprint density at radius 1 is 1.40 bits per heavy atom. The van der Waals surface area contributed by atoms with Crippen molar-refractivity contribution in [1.82, 2.24) is 5.32 Å². The van der Waals surface area contributed by atoms with E-state index in [2.05, 4.69) is 26.1 Å². The van der Waals surface area contributed by atoms with Gasteiger partial charge < -0.3 is 10.4 Å². The second-order valence-electron chi connectivity index (χ2n) is 5.64. The maximum absolute atomic E-state index is 9.69. The monoisotopic (exact) mass is 213 g/mol. The first-order valence-electron chi connectivity index (χ1n) is 6.47. The van der Waals surface area contributed by atoms with Gasteiger partial charge in [-0.05, 0) is 24.7 Å². The van der Waals surface area contributed by atoms with Crippen molar-refractivity contribution < 1.29 is 5.11 Å². The Labute approximate surface area is 94.5 Å². The highest BCUT2D eigenvalue weighted by atomic mass is 16.3. The van der Waals surface area contributed by atoms with Gasteiger partial charge in [-0.2, -0.15) is 0 Å². The zero-order chi connectivity index (χ0) is 11.3. The molecule has 1 aliphatic carbocycles. The smallest absolute Gasteiger partial charge is 0.0664 e. The molecule has 1 rings (SSSR count). The van der Waals surface area contributed by atoms with Gasteiger partial charge in [0.25, 0.3) is 0 Å². The molecule has 0 aromatic rings. The number of aliphatic hydroxyl groups is 1. The summed E-state index contributed by atoms with van der Waals surface area (Å²) in [7, 11) is 0. The van der Waals surface area contributed by atoms with Crippen molar-refractivity contribution in [3.63, 3.8) is 0 Å². The molecule has 15 heavy (non-hydrogen) atoms. The highest BCUT2D eigenvalue weighted by Gasteiger charge is 2.31. The van der Waals surface area contributed by atoms with Gasteiger partial charge in [0.2, 0.25) is 0 Å². The molecule has 2 heteroatoms. The van der Waals surface area contributed by atoms with Crippen LogP contribution in [0.4, 0.5) is 0 Å². The lowest BCUT2D eigenvalue weighted by molar-refractivity contribution is 0.121. The molecule has 0 radical (unpaired) electrons. The molecule has 2 N–H and O–H groups in total. The van der Waals surface area contributed by atoms with Crippen LogP contribution >= 0.6 is 0 Å².